The van der Waals surface area contributed by atoms with E-state index in [2.05, 4.69) is 6.07 Å². The molecule has 2 nitrogen and oxygen atoms in total. The molecule has 1 unspecified atom stereocenters. The second-order valence-corrected chi connectivity index (χ2v) is 3.63. The van der Waals surface area contributed by atoms with Crippen molar-refractivity contribution in [1.82, 2.24) is 0 Å². The largest absolute Gasteiger partial charge is 0.320 e. The van der Waals surface area contributed by atoms with Gasteiger partial charge in [-0.1, -0.05) is 42.5 Å². The maximum atomic E-state index is 8.89. The minimum Gasteiger partial charge on any atom is -0.320 e. The zero-order valence-corrected chi connectivity index (χ0v) is 8.80. The van der Waals surface area contributed by atoms with Crippen LogP contribution in [0, 0.1) is 11.3 Å². The fourth-order valence-corrected chi connectivity index (χ4v) is 1.64. The maximum absolute atomic E-state index is 8.89. The van der Waals surface area contributed by atoms with E-state index < -0.39 is 0 Å². The Morgan fingerprint density at radius 3 is 2.69 bits per heavy atom. The topological polar surface area (TPSA) is 49.8 Å². The molecule has 78 valence electrons. The number of rotatable bonds is 1. The Morgan fingerprint density at radius 1 is 1.25 bits per heavy atom. The van der Waals surface area contributed by atoms with Crippen molar-refractivity contribution in [2.45, 2.75) is 6.04 Å². The molecule has 1 atom stereocenters. The number of benzene rings is 1. The molecule has 0 aromatic heterocycles. The lowest BCUT2D eigenvalue weighted by Gasteiger charge is -2.15. The molecule has 0 heterocycles. The molecular weight excluding hydrogens is 196 g/mol. The first-order valence-electron chi connectivity index (χ1n) is 5.12. The molecule has 0 saturated heterocycles. The van der Waals surface area contributed by atoms with Gasteiger partial charge in [0.25, 0.3) is 0 Å². The highest BCUT2D eigenvalue weighted by atomic mass is 14.6. The molecule has 0 radical (unpaired) electrons. The monoisotopic (exact) mass is 208 g/mol. The predicted molar refractivity (Wildman–Crippen MR) is 65.2 cm³/mol. The van der Waals surface area contributed by atoms with E-state index in [0.717, 1.165) is 11.1 Å². The first kappa shape index (κ1) is 10.4. The SMILES string of the molecule is N#CC1=CC=CC(=Cc2ccccc2)C1N. The van der Waals surface area contributed by atoms with Crippen molar-refractivity contribution in [3.8, 4) is 6.07 Å². The summed E-state index contributed by atoms with van der Waals surface area (Å²) >= 11 is 0. The molecule has 0 aliphatic heterocycles. The van der Waals surface area contributed by atoms with Crippen LogP contribution in [0.2, 0.25) is 0 Å². The average Bonchev–Trinajstić information content (AvgIpc) is 2.33. The van der Waals surface area contributed by atoms with Crippen molar-refractivity contribution < 1.29 is 0 Å². The third-order valence-electron chi connectivity index (χ3n) is 2.52. The van der Waals surface area contributed by atoms with Crippen molar-refractivity contribution in [3.63, 3.8) is 0 Å². The van der Waals surface area contributed by atoms with Gasteiger partial charge in [0.1, 0.15) is 0 Å². The van der Waals surface area contributed by atoms with Gasteiger partial charge in [-0.25, -0.2) is 0 Å². The molecule has 1 aliphatic carbocycles. The third kappa shape index (κ3) is 2.10. The van der Waals surface area contributed by atoms with Crippen LogP contribution < -0.4 is 5.73 Å². The number of hydrogen-bond acceptors (Lipinski definition) is 2. The summed E-state index contributed by atoms with van der Waals surface area (Å²) in [6.07, 6.45) is 7.56. The van der Waals surface area contributed by atoms with Crippen molar-refractivity contribution in [3.05, 3.63) is 65.3 Å². The van der Waals surface area contributed by atoms with E-state index in [1.54, 1.807) is 6.08 Å². The smallest absolute Gasteiger partial charge is 0.0967 e. The molecule has 1 aromatic rings. The second-order valence-electron chi connectivity index (χ2n) is 3.63. The van der Waals surface area contributed by atoms with Crippen LogP contribution in [0.25, 0.3) is 6.08 Å². The highest BCUT2D eigenvalue weighted by Crippen LogP contribution is 2.19. The maximum Gasteiger partial charge on any atom is 0.0967 e. The number of nitrogens with two attached hydrogens (primary N) is 1. The Labute approximate surface area is 95.0 Å². The van der Waals surface area contributed by atoms with Crippen LogP contribution in [-0.2, 0) is 0 Å². The van der Waals surface area contributed by atoms with E-state index >= 15 is 0 Å². The Kier molecular flexibility index (Phi) is 3.00. The van der Waals surface area contributed by atoms with Crippen LogP contribution in [0.5, 0.6) is 0 Å². The third-order valence-corrected chi connectivity index (χ3v) is 2.52. The van der Waals surface area contributed by atoms with Gasteiger partial charge in [-0.15, -0.1) is 0 Å². The quantitative estimate of drug-likeness (QED) is 0.770. The number of nitrogens with zero attached hydrogens (tertiary/aromatic N) is 1. The van der Waals surface area contributed by atoms with Crippen molar-refractivity contribution >= 4 is 6.08 Å². The van der Waals surface area contributed by atoms with Gasteiger partial charge in [0, 0.05) is 0 Å². The minimum atomic E-state index is -0.310. The highest BCUT2D eigenvalue weighted by Gasteiger charge is 2.14. The van der Waals surface area contributed by atoms with E-state index in [-0.39, 0.29) is 6.04 Å². The number of allylic oxidation sites excluding steroid dienone is 2. The molecule has 2 rings (SSSR count). The standard InChI is InChI=1S/C14H12N2/c15-10-13-8-4-7-12(14(13)16)9-11-5-2-1-3-6-11/h1-9,14H,16H2. The normalized spacial score (nSPS) is 21.6. The summed E-state index contributed by atoms with van der Waals surface area (Å²) in [6, 6.07) is 11.8. The Hall–Kier alpha value is -2.11. The van der Waals surface area contributed by atoms with Crippen LogP contribution in [0.15, 0.2) is 59.7 Å². The summed E-state index contributed by atoms with van der Waals surface area (Å²) in [5.74, 6) is 0. The van der Waals surface area contributed by atoms with Gasteiger partial charge < -0.3 is 5.73 Å². The molecular formula is C14H12N2. The van der Waals surface area contributed by atoms with Crippen LogP contribution in [-0.4, -0.2) is 6.04 Å². The fourth-order valence-electron chi connectivity index (χ4n) is 1.64. The van der Waals surface area contributed by atoms with Crippen molar-refractivity contribution in [1.29, 1.82) is 5.26 Å². The molecule has 2 N–H and O–H groups in total. The first-order valence-corrected chi connectivity index (χ1v) is 5.12. The Bertz CT molecular complexity index is 501. The summed E-state index contributed by atoms with van der Waals surface area (Å²) in [5, 5.41) is 8.89. The van der Waals surface area contributed by atoms with E-state index in [9.17, 15) is 0 Å². The average molecular weight is 208 g/mol. The molecule has 1 aromatic carbocycles. The molecule has 0 bridgehead atoms. The predicted octanol–water partition coefficient (Wildman–Crippen LogP) is 2.42. The van der Waals surface area contributed by atoms with Gasteiger partial charge in [0.05, 0.1) is 17.7 Å². The van der Waals surface area contributed by atoms with Gasteiger partial charge in [-0.3, -0.25) is 0 Å². The van der Waals surface area contributed by atoms with E-state index in [4.69, 9.17) is 11.0 Å². The van der Waals surface area contributed by atoms with E-state index in [1.165, 1.54) is 0 Å². The minimum absolute atomic E-state index is 0.310. The molecule has 0 amide bonds. The Balaban J connectivity index is 2.31. The summed E-state index contributed by atoms with van der Waals surface area (Å²) in [4.78, 5) is 0. The summed E-state index contributed by atoms with van der Waals surface area (Å²) < 4.78 is 0. The number of hydrogen-bond donors (Lipinski definition) is 1. The zero-order valence-electron chi connectivity index (χ0n) is 8.80. The van der Waals surface area contributed by atoms with Crippen LogP contribution >= 0.6 is 0 Å². The highest BCUT2D eigenvalue weighted by molar-refractivity contribution is 5.62. The van der Waals surface area contributed by atoms with Crippen molar-refractivity contribution in [2.75, 3.05) is 0 Å². The molecule has 0 fully saturated rings. The molecule has 0 saturated carbocycles. The Morgan fingerprint density at radius 2 is 2.00 bits per heavy atom. The van der Waals surface area contributed by atoms with Crippen LogP contribution in [0.3, 0.4) is 0 Å². The van der Waals surface area contributed by atoms with Gasteiger partial charge >= 0.3 is 0 Å². The van der Waals surface area contributed by atoms with Crippen molar-refractivity contribution in [2.24, 2.45) is 5.73 Å². The molecule has 16 heavy (non-hydrogen) atoms. The second kappa shape index (κ2) is 4.61. The van der Waals surface area contributed by atoms with E-state index in [0.29, 0.717) is 5.57 Å². The molecule has 0 spiro atoms. The number of nitriles is 1. The van der Waals surface area contributed by atoms with Crippen LogP contribution in [0.4, 0.5) is 0 Å². The summed E-state index contributed by atoms with van der Waals surface area (Å²) in [7, 11) is 0. The summed E-state index contributed by atoms with van der Waals surface area (Å²) in [5.41, 5.74) is 8.63. The van der Waals surface area contributed by atoms with Gasteiger partial charge in [-0.05, 0) is 23.3 Å². The fraction of sp³-hybridized carbons (Fsp3) is 0.0714. The lowest BCUT2D eigenvalue weighted by molar-refractivity contribution is 0.938. The first-order chi connectivity index (χ1) is 7.81. The van der Waals surface area contributed by atoms with Gasteiger partial charge in [-0.2, -0.15) is 5.26 Å². The van der Waals surface area contributed by atoms with E-state index in [1.807, 2.05) is 48.6 Å². The van der Waals surface area contributed by atoms with Gasteiger partial charge in [0.15, 0.2) is 0 Å². The molecule has 1 aliphatic rings. The van der Waals surface area contributed by atoms with Gasteiger partial charge in [0.2, 0.25) is 0 Å². The molecule has 2 heteroatoms. The summed E-state index contributed by atoms with van der Waals surface area (Å²) in [6.45, 7) is 0. The zero-order chi connectivity index (χ0) is 11.4. The lowest BCUT2D eigenvalue weighted by atomic mass is 9.94. The lowest BCUT2D eigenvalue weighted by Crippen LogP contribution is -2.25. The van der Waals surface area contributed by atoms with Crippen LogP contribution in [0.1, 0.15) is 5.56 Å².